The molecule has 0 aromatic rings. The van der Waals surface area contributed by atoms with E-state index in [4.69, 9.17) is 5.73 Å². The first-order valence-corrected chi connectivity index (χ1v) is 8.18. The van der Waals surface area contributed by atoms with Crippen molar-refractivity contribution in [3.05, 3.63) is 0 Å². The summed E-state index contributed by atoms with van der Waals surface area (Å²) in [5, 5.41) is -0.988. The number of carbonyl (C=O) groups excluding carboxylic acids is 1. The normalized spacial score (nSPS) is 14.3. The van der Waals surface area contributed by atoms with Crippen molar-refractivity contribution >= 4 is 15.7 Å². The molecule has 0 bridgehead atoms. The molecule has 0 aromatic carbocycles. The fourth-order valence-electron chi connectivity index (χ4n) is 1.56. The predicted octanol–water partition coefficient (Wildman–Crippen LogP) is 0.643. The monoisotopic (exact) mass is 278 g/mol. The van der Waals surface area contributed by atoms with Gasteiger partial charge >= 0.3 is 0 Å². The average molecular weight is 278 g/mol. The van der Waals surface area contributed by atoms with Crippen LogP contribution in [-0.4, -0.2) is 50.4 Å². The van der Waals surface area contributed by atoms with Gasteiger partial charge < -0.3 is 10.6 Å². The number of hydrogen-bond acceptors (Lipinski definition) is 4. The summed E-state index contributed by atoms with van der Waals surface area (Å²) in [5.74, 6) is -0.333. The van der Waals surface area contributed by atoms with Crippen molar-refractivity contribution in [3.63, 3.8) is 0 Å². The van der Waals surface area contributed by atoms with E-state index < -0.39 is 15.1 Å². The third-order valence-electron chi connectivity index (χ3n) is 2.97. The maximum absolute atomic E-state index is 12.2. The molecule has 0 heterocycles. The molecule has 1 atom stereocenters. The highest BCUT2D eigenvalue weighted by atomic mass is 32.2. The molecule has 18 heavy (non-hydrogen) atoms. The molecule has 0 saturated heterocycles. The lowest BCUT2D eigenvalue weighted by Gasteiger charge is -2.33. The summed E-state index contributed by atoms with van der Waals surface area (Å²) in [4.78, 5) is 13.8. The first-order valence-electron chi connectivity index (χ1n) is 6.23. The van der Waals surface area contributed by atoms with Gasteiger partial charge in [-0.2, -0.15) is 0 Å². The van der Waals surface area contributed by atoms with E-state index in [0.717, 1.165) is 12.7 Å². The van der Waals surface area contributed by atoms with E-state index in [0.29, 0.717) is 19.6 Å². The Labute approximate surface area is 111 Å². The summed E-state index contributed by atoms with van der Waals surface area (Å²) in [5.41, 5.74) is 5.45. The van der Waals surface area contributed by atoms with Gasteiger partial charge in [0.2, 0.25) is 5.91 Å². The molecule has 1 amide bonds. The second-order valence-corrected chi connectivity index (χ2v) is 7.97. The number of nitrogens with zero attached hydrogens (tertiary/aromatic N) is 1. The minimum Gasteiger partial charge on any atom is -0.341 e. The molecular weight excluding hydrogens is 252 g/mol. The summed E-state index contributed by atoms with van der Waals surface area (Å²) in [6, 6.07) is 0. The van der Waals surface area contributed by atoms with Crippen LogP contribution in [0.2, 0.25) is 0 Å². The third kappa shape index (κ3) is 5.35. The maximum Gasteiger partial charge on any atom is 0.240 e. The van der Waals surface area contributed by atoms with Gasteiger partial charge in [0.25, 0.3) is 0 Å². The topological polar surface area (TPSA) is 80.5 Å². The number of rotatable bonds is 7. The Balaban J connectivity index is 4.96. The van der Waals surface area contributed by atoms with E-state index in [1.165, 1.54) is 6.92 Å². The molecule has 0 aromatic heterocycles. The Hall–Kier alpha value is -0.620. The molecule has 1 unspecified atom stereocenters. The van der Waals surface area contributed by atoms with Gasteiger partial charge in [-0.05, 0) is 25.3 Å². The van der Waals surface area contributed by atoms with Gasteiger partial charge in [0.15, 0.2) is 9.84 Å². The second kappa shape index (κ2) is 6.52. The largest absolute Gasteiger partial charge is 0.341 e. The first kappa shape index (κ1) is 17.4. The van der Waals surface area contributed by atoms with Crippen molar-refractivity contribution in [2.45, 2.75) is 39.4 Å². The van der Waals surface area contributed by atoms with Crippen LogP contribution in [0.3, 0.4) is 0 Å². The molecular formula is C12H26N2O3S. The van der Waals surface area contributed by atoms with Gasteiger partial charge in [0, 0.05) is 19.3 Å². The van der Waals surface area contributed by atoms with Crippen LogP contribution in [0.4, 0.5) is 0 Å². The quantitative estimate of drug-likeness (QED) is 0.741. The van der Waals surface area contributed by atoms with Crippen LogP contribution in [0.1, 0.15) is 34.1 Å². The van der Waals surface area contributed by atoms with Crippen molar-refractivity contribution in [3.8, 4) is 0 Å². The van der Waals surface area contributed by atoms with Crippen LogP contribution >= 0.6 is 0 Å². The van der Waals surface area contributed by atoms with Gasteiger partial charge in [-0.15, -0.1) is 0 Å². The van der Waals surface area contributed by atoms with Gasteiger partial charge in [-0.1, -0.05) is 20.8 Å². The molecule has 108 valence electrons. The van der Waals surface area contributed by atoms with Gasteiger partial charge in [0.1, 0.15) is 5.25 Å². The molecule has 0 fully saturated rings. The average Bonchev–Trinajstić information content (AvgIpc) is 2.25. The number of nitrogens with two attached hydrogens (primary N) is 1. The lowest BCUT2D eigenvalue weighted by molar-refractivity contribution is -0.131. The van der Waals surface area contributed by atoms with Crippen LogP contribution < -0.4 is 5.73 Å². The van der Waals surface area contributed by atoms with E-state index in [1.807, 2.05) is 20.8 Å². The smallest absolute Gasteiger partial charge is 0.240 e. The van der Waals surface area contributed by atoms with E-state index in [1.54, 1.807) is 4.90 Å². The summed E-state index contributed by atoms with van der Waals surface area (Å²) in [6.07, 6.45) is 1.89. The zero-order chi connectivity index (χ0) is 14.6. The molecule has 2 N–H and O–H groups in total. The molecule has 0 rings (SSSR count). The Morgan fingerprint density at radius 3 is 2.22 bits per heavy atom. The van der Waals surface area contributed by atoms with Gasteiger partial charge in [-0.25, -0.2) is 8.42 Å². The first-order chi connectivity index (χ1) is 8.05. The summed E-state index contributed by atoms with van der Waals surface area (Å²) in [6.45, 7) is 8.82. The zero-order valence-corrected chi connectivity index (χ0v) is 12.9. The lowest BCUT2D eigenvalue weighted by Crippen LogP contribution is -2.47. The maximum atomic E-state index is 12.2. The van der Waals surface area contributed by atoms with Crippen molar-refractivity contribution in [2.24, 2.45) is 11.1 Å². The fourth-order valence-corrected chi connectivity index (χ4v) is 2.07. The Morgan fingerprint density at radius 2 is 1.89 bits per heavy atom. The SMILES string of the molecule is CCCN(CC(C)(C)CN)C(=O)C(C)S(C)(=O)=O. The Kier molecular flexibility index (Phi) is 6.29. The molecule has 0 radical (unpaired) electrons. The molecule has 0 aliphatic heterocycles. The molecule has 5 nitrogen and oxygen atoms in total. The number of hydrogen-bond donors (Lipinski definition) is 1. The van der Waals surface area contributed by atoms with Gasteiger partial charge in [0.05, 0.1) is 0 Å². The third-order valence-corrected chi connectivity index (χ3v) is 4.45. The van der Waals surface area contributed by atoms with E-state index in [-0.39, 0.29) is 11.3 Å². The summed E-state index contributed by atoms with van der Waals surface area (Å²) >= 11 is 0. The highest BCUT2D eigenvalue weighted by Crippen LogP contribution is 2.17. The number of carbonyl (C=O) groups is 1. The lowest BCUT2D eigenvalue weighted by atomic mass is 9.93. The van der Waals surface area contributed by atoms with Crippen molar-refractivity contribution in [1.82, 2.24) is 4.90 Å². The number of amides is 1. The van der Waals surface area contributed by atoms with Crippen LogP contribution in [-0.2, 0) is 14.6 Å². The second-order valence-electron chi connectivity index (χ2n) is 5.60. The minimum absolute atomic E-state index is 0.206. The predicted molar refractivity (Wildman–Crippen MR) is 74.0 cm³/mol. The van der Waals surface area contributed by atoms with E-state index in [2.05, 4.69) is 0 Å². The molecule has 6 heteroatoms. The molecule has 0 aliphatic rings. The van der Waals surface area contributed by atoms with Crippen molar-refractivity contribution in [2.75, 3.05) is 25.9 Å². The van der Waals surface area contributed by atoms with Crippen molar-refractivity contribution < 1.29 is 13.2 Å². The van der Waals surface area contributed by atoms with Crippen molar-refractivity contribution in [1.29, 1.82) is 0 Å². The minimum atomic E-state index is -3.35. The molecule has 0 aliphatic carbocycles. The highest BCUT2D eigenvalue weighted by Gasteiger charge is 2.30. The standard InChI is InChI=1S/C12H26N2O3S/c1-6-7-14(9-12(3,4)8-13)11(15)10(2)18(5,16)17/h10H,6-9,13H2,1-5H3. The number of sulfone groups is 1. The van der Waals surface area contributed by atoms with Crippen LogP contribution in [0, 0.1) is 5.41 Å². The molecule has 0 spiro atoms. The highest BCUT2D eigenvalue weighted by molar-refractivity contribution is 7.92. The van der Waals surface area contributed by atoms with Gasteiger partial charge in [-0.3, -0.25) is 4.79 Å². The van der Waals surface area contributed by atoms with E-state index in [9.17, 15) is 13.2 Å². The fraction of sp³-hybridized carbons (Fsp3) is 0.917. The van der Waals surface area contributed by atoms with E-state index >= 15 is 0 Å². The molecule has 0 saturated carbocycles. The zero-order valence-electron chi connectivity index (χ0n) is 12.1. The Morgan fingerprint density at radius 1 is 1.39 bits per heavy atom. The Bertz CT molecular complexity index is 377. The summed E-state index contributed by atoms with van der Waals surface area (Å²) < 4.78 is 22.9. The summed E-state index contributed by atoms with van der Waals surface area (Å²) in [7, 11) is -3.35. The van der Waals surface area contributed by atoms with Crippen LogP contribution in [0.5, 0.6) is 0 Å². The van der Waals surface area contributed by atoms with Crippen LogP contribution in [0.15, 0.2) is 0 Å². The van der Waals surface area contributed by atoms with Crippen LogP contribution in [0.25, 0.3) is 0 Å².